The van der Waals surface area contributed by atoms with Crippen LogP contribution in [0.3, 0.4) is 0 Å². The molecule has 0 amide bonds. The van der Waals surface area contributed by atoms with Crippen molar-refractivity contribution >= 4 is 67.8 Å². The van der Waals surface area contributed by atoms with Crippen LogP contribution in [0.2, 0.25) is 0 Å². The fourth-order valence-electron chi connectivity index (χ4n) is 6.35. The monoisotopic (exact) mass is 624 g/mol. The van der Waals surface area contributed by atoms with Crippen LogP contribution in [0.4, 0.5) is 34.1 Å². The van der Waals surface area contributed by atoms with Crippen LogP contribution in [-0.4, -0.2) is 0 Å². The summed E-state index contributed by atoms with van der Waals surface area (Å²) in [6.45, 7) is 0. The molecule has 47 heavy (non-hydrogen) atoms. The summed E-state index contributed by atoms with van der Waals surface area (Å²) in [5, 5.41) is 2.16. The highest BCUT2D eigenvalue weighted by molar-refractivity contribution is 7.99. The minimum absolute atomic E-state index is 0.819. The number of hydrogen-bond acceptors (Lipinski definition) is 5. The van der Waals surface area contributed by atoms with Crippen molar-refractivity contribution in [1.82, 2.24) is 0 Å². The first kappa shape index (κ1) is 27.4. The van der Waals surface area contributed by atoms with Crippen LogP contribution in [-0.2, 0) is 0 Å². The Morgan fingerprint density at radius 2 is 1.00 bits per heavy atom. The van der Waals surface area contributed by atoms with Gasteiger partial charge in [0.2, 0.25) is 0 Å². The zero-order valence-electron chi connectivity index (χ0n) is 25.3. The second kappa shape index (κ2) is 11.5. The van der Waals surface area contributed by atoms with Crippen molar-refractivity contribution in [3.8, 4) is 11.5 Å². The molecule has 0 bridgehead atoms. The van der Waals surface area contributed by atoms with Gasteiger partial charge >= 0.3 is 0 Å². The number of benzene rings is 7. The third-order valence-electron chi connectivity index (χ3n) is 8.46. The maximum atomic E-state index is 6.82. The van der Waals surface area contributed by atoms with Crippen molar-refractivity contribution in [3.05, 3.63) is 170 Å². The third kappa shape index (κ3) is 4.89. The number of hydrogen-bond donors (Lipinski definition) is 0. The van der Waals surface area contributed by atoms with E-state index in [-0.39, 0.29) is 0 Å². The molecule has 0 N–H and O–H groups in total. The number of rotatable bonds is 6. The molecule has 0 radical (unpaired) electrons. The van der Waals surface area contributed by atoms with Gasteiger partial charge in [0.05, 0.1) is 15.5 Å². The van der Waals surface area contributed by atoms with Crippen LogP contribution in [0.25, 0.3) is 21.9 Å². The SMILES string of the molecule is c1ccc(N(c2ccccc2)c2cc3c(c(N(c4ccccc4)c4ccc5oc6ccccc6c5c4)c2)Oc2ccccc2S3)cc1. The van der Waals surface area contributed by atoms with Gasteiger partial charge in [0, 0.05) is 39.2 Å². The smallest absolute Gasteiger partial charge is 0.165 e. The Morgan fingerprint density at radius 3 is 1.72 bits per heavy atom. The van der Waals surface area contributed by atoms with Gasteiger partial charge in [-0.3, -0.25) is 0 Å². The second-order valence-electron chi connectivity index (χ2n) is 11.4. The van der Waals surface area contributed by atoms with Crippen LogP contribution < -0.4 is 14.5 Å². The van der Waals surface area contributed by atoms with E-state index in [2.05, 4.69) is 155 Å². The first-order valence-corrected chi connectivity index (χ1v) is 16.4. The van der Waals surface area contributed by atoms with Gasteiger partial charge in [0.15, 0.2) is 5.75 Å². The average molecular weight is 625 g/mol. The molecule has 0 fully saturated rings. The molecule has 1 aliphatic rings. The lowest BCUT2D eigenvalue weighted by Gasteiger charge is -2.33. The molecule has 0 atom stereocenters. The summed E-state index contributed by atoms with van der Waals surface area (Å²) in [6.07, 6.45) is 0. The van der Waals surface area contributed by atoms with E-state index in [1.807, 2.05) is 24.3 Å². The molecular formula is C42H28N2O2S. The number of para-hydroxylation sites is 5. The molecule has 9 rings (SSSR count). The standard InChI is InChI=1S/C42H28N2O2S/c1-4-14-29(15-5-1)43(30-16-6-2-7-17-30)33-27-36(42-41(28-33)47-40-23-13-12-22-39(40)46-42)44(31-18-8-3-9-19-31)32-24-25-38-35(26-32)34-20-10-11-21-37(34)45-38/h1-28H. The number of nitrogens with zero attached hydrogens (tertiary/aromatic N) is 2. The van der Waals surface area contributed by atoms with Gasteiger partial charge < -0.3 is 19.0 Å². The molecule has 5 heteroatoms. The zero-order chi connectivity index (χ0) is 31.2. The van der Waals surface area contributed by atoms with Gasteiger partial charge in [-0.1, -0.05) is 96.7 Å². The van der Waals surface area contributed by atoms with Crippen molar-refractivity contribution < 1.29 is 9.15 Å². The predicted molar refractivity (Wildman–Crippen MR) is 194 cm³/mol. The molecule has 2 heterocycles. The fourth-order valence-corrected chi connectivity index (χ4v) is 7.37. The highest BCUT2D eigenvalue weighted by Crippen LogP contribution is 2.55. The summed E-state index contributed by atoms with van der Waals surface area (Å²) in [5.74, 6) is 1.67. The first-order valence-electron chi connectivity index (χ1n) is 15.6. The van der Waals surface area contributed by atoms with Crippen LogP contribution in [0.5, 0.6) is 11.5 Å². The largest absolute Gasteiger partial charge is 0.456 e. The molecule has 0 unspecified atom stereocenters. The molecule has 4 nitrogen and oxygen atoms in total. The minimum Gasteiger partial charge on any atom is -0.456 e. The van der Waals surface area contributed by atoms with Crippen molar-refractivity contribution in [1.29, 1.82) is 0 Å². The van der Waals surface area contributed by atoms with Crippen LogP contribution in [0, 0.1) is 0 Å². The summed E-state index contributed by atoms with van der Waals surface area (Å²) in [4.78, 5) is 6.74. The number of fused-ring (bicyclic) bond motifs is 5. The van der Waals surface area contributed by atoms with Gasteiger partial charge in [-0.2, -0.15) is 0 Å². The highest BCUT2D eigenvalue weighted by atomic mass is 32.2. The molecule has 1 aliphatic heterocycles. The molecular weight excluding hydrogens is 597 g/mol. The van der Waals surface area contributed by atoms with Crippen LogP contribution in [0.1, 0.15) is 0 Å². The maximum Gasteiger partial charge on any atom is 0.165 e. The van der Waals surface area contributed by atoms with Crippen molar-refractivity contribution in [2.24, 2.45) is 0 Å². The lowest BCUT2D eigenvalue weighted by atomic mass is 10.1. The summed E-state index contributed by atoms with van der Waals surface area (Å²) in [5.41, 5.74) is 7.89. The minimum atomic E-state index is 0.819. The Balaban J connectivity index is 1.32. The molecule has 8 aromatic rings. The van der Waals surface area contributed by atoms with Crippen LogP contribution in [0.15, 0.2) is 184 Å². The molecule has 1 aromatic heterocycles. The van der Waals surface area contributed by atoms with Crippen molar-refractivity contribution in [2.75, 3.05) is 9.80 Å². The molecule has 7 aromatic carbocycles. The second-order valence-corrected chi connectivity index (χ2v) is 12.5. The van der Waals surface area contributed by atoms with E-state index in [9.17, 15) is 0 Å². The molecule has 224 valence electrons. The van der Waals surface area contributed by atoms with E-state index >= 15 is 0 Å². The Kier molecular flexibility index (Phi) is 6.69. The fraction of sp³-hybridized carbons (Fsp3) is 0. The third-order valence-corrected chi connectivity index (χ3v) is 9.54. The maximum absolute atomic E-state index is 6.82. The Bertz CT molecular complexity index is 2330. The Labute approximate surface area is 277 Å². The number of anilines is 6. The normalized spacial score (nSPS) is 11.9. The van der Waals surface area contributed by atoms with Crippen molar-refractivity contribution in [2.45, 2.75) is 9.79 Å². The van der Waals surface area contributed by atoms with Crippen molar-refractivity contribution in [3.63, 3.8) is 0 Å². The quantitative estimate of drug-likeness (QED) is 0.184. The number of furan rings is 1. The molecule has 0 aliphatic carbocycles. The van der Waals surface area contributed by atoms with Gasteiger partial charge in [-0.05, 0) is 84.9 Å². The highest BCUT2D eigenvalue weighted by Gasteiger charge is 2.28. The molecule has 0 saturated carbocycles. The summed E-state index contributed by atoms with van der Waals surface area (Å²) in [7, 11) is 0. The lowest BCUT2D eigenvalue weighted by molar-refractivity contribution is 0.456. The Morgan fingerprint density at radius 1 is 0.404 bits per heavy atom. The zero-order valence-corrected chi connectivity index (χ0v) is 26.1. The van der Waals surface area contributed by atoms with Gasteiger partial charge in [-0.25, -0.2) is 0 Å². The van der Waals surface area contributed by atoms with Crippen LogP contribution >= 0.6 is 11.8 Å². The lowest BCUT2D eigenvalue weighted by Crippen LogP contribution is -2.15. The summed E-state index contributed by atoms with van der Waals surface area (Å²) < 4.78 is 13.0. The predicted octanol–water partition coefficient (Wildman–Crippen LogP) is 12.8. The van der Waals surface area contributed by atoms with E-state index in [0.717, 1.165) is 77.4 Å². The van der Waals surface area contributed by atoms with E-state index < -0.39 is 0 Å². The summed E-state index contributed by atoms with van der Waals surface area (Å²) >= 11 is 1.74. The van der Waals surface area contributed by atoms with E-state index in [1.165, 1.54) is 0 Å². The Hall–Kier alpha value is -5.91. The van der Waals surface area contributed by atoms with Gasteiger partial charge in [0.25, 0.3) is 0 Å². The van der Waals surface area contributed by atoms with Gasteiger partial charge in [-0.15, -0.1) is 0 Å². The first-order chi connectivity index (χ1) is 23.3. The topological polar surface area (TPSA) is 28.9 Å². The van der Waals surface area contributed by atoms with Gasteiger partial charge in [0.1, 0.15) is 16.9 Å². The number of ether oxygens (including phenoxy) is 1. The van der Waals surface area contributed by atoms with E-state index in [4.69, 9.17) is 9.15 Å². The molecule has 0 spiro atoms. The molecule has 0 saturated heterocycles. The summed E-state index contributed by atoms with van der Waals surface area (Å²) in [6, 6.07) is 58.9. The van der Waals surface area contributed by atoms with E-state index in [1.54, 1.807) is 11.8 Å². The average Bonchev–Trinajstić information content (AvgIpc) is 3.51. The van der Waals surface area contributed by atoms with E-state index in [0.29, 0.717) is 0 Å².